The van der Waals surface area contributed by atoms with Crippen LogP contribution >= 0.6 is 0 Å². The largest absolute Gasteiger partial charge is 0.331 e. The highest BCUT2D eigenvalue weighted by Gasteiger charge is 2.00. The molecule has 0 fully saturated rings. The molecule has 0 N–H and O–H groups in total. The molecule has 0 atom stereocenters. The van der Waals surface area contributed by atoms with Crippen molar-refractivity contribution in [3.8, 4) is 0 Å². The van der Waals surface area contributed by atoms with E-state index in [-0.39, 0.29) is 0 Å². The monoisotopic (exact) mass is 370 g/mol. The van der Waals surface area contributed by atoms with Gasteiger partial charge in [-0.3, -0.25) is 0 Å². The molecule has 2 rings (SSSR count). The molecule has 0 saturated carbocycles. The molecule has 0 bridgehead atoms. The van der Waals surface area contributed by atoms with Crippen molar-refractivity contribution in [2.24, 2.45) is 0 Å². The lowest BCUT2D eigenvalue weighted by Crippen LogP contribution is -1.95. The Morgan fingerprint density at radius 3 is 1.67 bits per heavy atom. The van der Waals surface area contributed by atoms with Crippen LogP contribution in [0.25, 0.3) is 11.0 Å². The van der Waals surface area contributed by atoms with Crippen LogP contribution in [0.1, 0.15) is 110 Å². The van der Waals surface area contributed by atoms with Crippen molar-refractivity contribution in [3.63, 3.8) is 0 Å². The van der Waals surface area contributed by atoms with Gasteiger partial charge < -0.3 is 4.57 Å². The van der Waals surface area contributed by atoms with Crippen LogP contribution in [0.2, 0.25) is 0 Å². The Hall–Kier alpha value is -1.31. The second-order valence-corrected chi connectivity index (χ2v) is 8.23. The van der Waals surface area contributed by atoms with Crippen molar-refractivity contribution in [2.45, 2.75) is 116 Å². The molecule has 0 aliphatic rings. The fraction of sp³-hybridized carbons (Fsp3) is 0.720. The zero-order valence-electron chi connectivity index (χ0n) is 17.8. The van der Waals surface area contributed by atoms with Crippen molar-refractivity contribution in [2.75, 3.05) is 0 Å². The molecule has 1 aromatic heterocycles. The number of hydrogen-bond acceptors (Lipinski definition) is 1. The van der Waals surface area contributed by atoms with Gasteiger partial charge in [0, 0.05) is 6.54 Å². The van der Waals surface area contributed by atoms with Crippen LogP contribution in [-0.2, 0) is 6.54 Å². The molecule has 0 amide bonds. The van der Waals surface area contributed by atoms with E-state index < -0.39 is 0 Å². The van der Waals surface area contributed by atoms with Gasteiger partial charge in [0.05, 0.1) is 17.4 Å². The predicted molar refractivity (Wildman–Crippen MR) is 119 cm³/mol. The normalized spacial score (nSPS) is 11.4. The van der Waals surface area contributed by atoms with Gasteiger partial charge in [0.15, 0.2) is 0 Å². The van der Waals surface area contributed by atoms with E-state index in [2.05, 4.69) is 40.7 Å². The lowest BCUT2D eigenvalue weighted by Gasteiger charge is -2.05. The first-order valence-electron chi connectivity index (χ1n) is 11.8. The standard InChI is InChI=1S/C25H42N2/c1-2-3-4-5-6-7-8-9-10-11-12-13-14-15-16-19-22-27-23-26-24-20-17-18-21-25(24)27/h17-18,20-21,23H,2-16,19,22H2,1H3. The van der Waals surface area contributed by atoms with Crippen molar-refractivity contribution in [3.05, 3.63) is 30.6 Å². The zero-order chi connectivity index (χ0) is 19.0. The summed E-state index contributed by atoms with van der Waals surface area (Å²) in [6.07, 6.45) is 24.8. The number of benzene rings is 1. The number of hydrogen-bond donors (Lipinski definition) is 0. The molecule has 0 radical (unpaired) electrons. The summed E-state index contributed by atoms with van der Waals surface area (Å²) in [5.41, 5.74) is 2.40. The highest BCUT2D eigenvalue weighted by atomic mass is 15.0. The average molecular weight is 371 g/mol. The summed E-state index contributed by atoms with van der Waals surface area (Å²) >= 11 is 0. The highest BCUT2D eigenvalue weighted by molar-refractivity contribution is 5.74. The number of imidazole rings is 1. The molecular formula is C25H42N2. The average Bonchev–Trinajstić information content (AvgIpc) is 3.11. The Morgan fingerprint density at radius 1 is 0.630 bits per heavy atom. The first-order valence-corrected chi connectivity index (χ1v) is 11.8. The lowest BCUT2D eigenvalue weighted by atomic mass is 10.0. The van der Waals surface area contributed by atoms with Crippen molar-refractivity contribution >= 4 is 11.0 Å². The molecule has 2 nitrogen and oxygen atoms in total. The Labute approximate surface area is 167 Å². The van der Waals surface area contributed by atoms with E-state index in [1.165, 1.54) is 108 Å². The molecular weight excluding hydrogens is 328 g/mol. The maximum absolute atomic E-state index is 4.47. The minimum atomic E-state index is 1.11. The third-order valence-corrected chi connectivity index (χ3v) is 5.78. The van der Waals surface area contributed by atoms with Gasteiger partial charge in [-0.2, -0.15) is 0 Å². The summed E-state index contributed by atoms with van der Waals surface area (Å²) in [6, 6.07) is 8.44. The van der Waals surface area contributed by atoms with E-state index >= 15 is 0 Å². The quantitative estimate of drug-likeness (QED) is 0.256. The molecule has 1 heterocycles. The molecule has 27 heavy (non-hydrogen) atoms. The molecule has 0 unspecified atom stereocenters. The third kappa shape index (κ3) is 9.44. The summed E-state index contributed by atoms with van der Waals surface area (Å²) in [7, 11) is 0. The van der Waals surface area contributed by atoms with Crippen LogP contribution in [0.4, 0.5) is 0 Å². The fourth-order valence-corrected chi connectivity index (χ4v) is 4.02. The van der Waals surface area contributed by atoms with Crippen LogP contribution in [0, 0.1) is 0 Å². The van der Waals surface area contributed by atoms with Crippen molar-refractivity contribution < 1.29 is 0 Å². The smallest absolute Gasteiger partial charge is 0.0958 e. The minimum absolute atomic E-state index is 1.11. The number of para-hydroxylation sites is 2. The summed E-state index contributed by atoms with van der Waals surface area (Å²) in [4.78, 5) is 4.47. The molecule has 0 aliphatic heterocycles. The maximum atomic E-state index is 4.47. The minimum Gasteiger partial charge on any atom is -0.331 e. The van der Waals surface area contributed by atoms with Gasteiger partial charge in [-0.15, -0.1) is 0 Å². The Balaban J connectivity index is 1.33. The third-order valence-electron chi connectivity index (χ3n) is 5.78. The second-order valence-electron chi connectivity index (χ2n) is 8.23. The summed E-state index contributed by atoms with van der Waals surface area (Å²) in [6.45, 7) is 3.40. The summed E-state index contributed by atoms with van der Waals surface area (Å²) < 4.78 is 2.30. The van der Waals surface area contributed by atoms with Gasteiger partial charge in [-0.1, -0.05) is 115 Å². The van der Waals surface area contributed by atoms with Crippen molar-refractivity contribution in [1.82, 2.24) is 9.55 Å². The molecule has 0 saturated heterocycles. The van der Waals surface area contributed by atoms with Crippen LogP contribution in [0.15, 0.2) is 30.6 Å². The van der Waals surface area contributed by atoms with Crippen molar-refractivity contribution in [1.29, 1.82) is 0 Å². The van der Waals surface area contributed by atoms with E-state index in [1.54, 1.807) is 0 Å². The van der Waals surface area contributed by atoms with Crippen LogP contribution < -0.4 is 0 Å². The van der Waals surface area contributed by atoms with E-state index in [4.69, 9.17) is 0 Å². The number of aromatic nitrogens is 2. The fourth-order valence-electron chi connectivity index (χ4n) is 4.02. The maximum Gasteiger partial charge on any atom is 0.0958 e. The number of fused-ring (bicyclic) bond motifs is 1. The Bertz CT molecular complexity index is 587. The van der Waals surface area contributed by atoms with Gasteiger partial charge in [-0.05, 0) is 18.6 Å². The van der Waals surface area contributed by atoms with Gasteiger partial charge in [0.2, 0.25) is 0 Å². The summed E-state index contributed by atoms with van der Waals surface area (Å²) in [5.74, 6) is 0. The molecule has 0 spiro atoms. The Kier molecular flexibility index (Phi) is 12.0. The molecule has 2 aromatic rings. The van der Waals surface area contributed by atoms with Crippen LogP contribution in [0.3, 0.4) is 0 Å². The number of nitrogens with zero attached hydrogens (tertiary/aromatic N) is 2. The number of rotatable bonds is 17. The van der Waals surface area contributed by atoms with Crippen LogP contribution in [-0.4, -0.2) is 9.55 Å². The zero-order valence-corrected chi connectivity index (χ0v) is 17.8. The molecule has 152 valence electrons. The first-order chi connectivity index (χ1) is 13.4. The first kappa shape index (κ1) is 22.0. The lowest BCUT2D eigenvalue weighted by molar-refractivity contribution is 0.522. The number of unbranched alkanes of at least 4 members (excludes halogenated alkanes) is 15. The number of aryl methyl sites for hydroxylation is 1. The second kappa shape index (κ2) is 14.7. The Morgan fingerprint density at radius 2 is 1.11 bits per heavy atom. The topological polar surface area (TPSA) is 17.8 Å². The van der Waals surface area contributed by atoms with E-state index in [1.807, 2.05) is 6.33 Å². The van der Waals surface area contributed by atoms with E-state index in [0.29, 0.717) is 0 Å². The molecule has 1 aromatic carbocycles. The SMILES string of the molecule is CCCCCCCCCCCCCCCCCCn1cnc2ccccc21. The van der Waals surface area contributed by atoms with Gasteiger partial charge in [0.1, 0.15) is 0 Å². The summed E-state index contributed by atoms with van der Waals surface area (Å²) in [5, 5.41) is 0. The molecule has 2 heteroatoms. The predicted octanol–water partition coefficient (Wildman–Crippen LogP) is 8.30. The molecule has 0 aliphatic carbocycles. The van der Waals surface area contributed by atoms with Gasteiger partial charge >= 0.3 is 0 Å². The highest BCUT2D eigenvalue weighted by Crippen LogP contribution is 2.15. The van der Waals surface area contributed by atoms with Gasteiger partial charge in [-0.25, -0.2) is 4.98 Å². The van der Waals surface area contributed by atoms with E-state index in [9.17, 15) is 0 Å². The van der Waals surface area contributed by atoms with Crippen LogP contribution in [0.5, 0.6) is 0 Å². The van der Waals surface area contributed by atoms with Gasteiger partial charge in [0.25, 0.3) is 0 Å². The van der Waals surface area contributed by atoms with E-state index in [0.717, 1.165) is 12.1 Å².